The average molecular weight is 422 g/mol. The number of nitrogens with one attached hydrogen (secondary N) is 1. The molecule has 1 N–H and O–H groups in total. The van der Waals surface area contributed by atoms with Crippen LogP contribution < -0.4 is 5.32 Å². The van der Waals surface area contributed by atoms with Crippen molar-refractivity contribution in [3.63, 3.8) is 0 Å². The Morgan fingerprint density at radius 2 is 1.96 bits per heavy atom. The zero-order valence-corrected chi connectivity index (χ0v) is 16.8. The molecule has 27 heavy (non-hydrogen) atoms. The van der Waals surface area contributed by atoms with Crippen molar-refractivity contribution >= 4 is 63.3 Å². The fourth-order valence-electron chi connectivity index (χ4n) is 2.57. The summed E-state index contributed by atoms with van der Waals surface area (Å²) in [6.07, 6.45) is 0.116. The van der Waals surface area contributed by atoms with Crippen molar-refractivity contribution in [1.29, 1.82) is 0 Å². The highest BCUT2D eigenvalue weighted by Gasteiger charge is 2.35. The first kappa shape index (κ1) is 19.7. The van der Waals surface area contributed by atoms with Crippen molar-refractivity contribution in [1.82, 2.24) is 4.90 Å². The summed E-state index contributed by atoms with van der Waals surface area (Å²) in [6, 6.07) is 13.9. The summed E-state index contributed by atoms with van der Waals surface area (Å²) < 4.78 is 0. The Kier molecular flexibility index (Phi) is 6.42. The van der Waals surface area contributed by atoms with E-state index in [1.54, 1.807) is 53.4 Å². The highest BCUT2D eigenvalue weighted by molar-refractivity contribution is 8.15. The van der Waals surface area contributed by atoms with E-state index in [9.17, 15) is 9.59 Å². The molecular weight excluding hydrogens is 405 g/mol. The van der Waals surface area contributed by atoms with Crippen molar-refractivity contribution < 1.29 is 9.59 Å². The fourth-order valence-corrected chi connectivity index (χ4v) is 4.05. The third kappa shape index (κ3) is 5.03. The molecule has 1 unspecified atom stereocenters. The second-order valence-electron chi connectivity index (χ2n) is 5.82. The zero-order chi connectivity index (χ0) is 19.4. The predicted molar refractivity (Wildman–Crippen MR) is 112 cm³/mol. The van der Waals surface area contributed by atoms with E-state index < -0.39 is 5.25 Å². The Bertz CT molecular complexity index is 887. The number of thioether (sulfide) groups is 1. The largest absolute Gasteiger partial charge is 0.325 e. The van der Waals surface area contributed by atoms with E-state index in [0.717, 1.165) is 0 Å². The second kappa shape index (κ2) is 8.78. The van der Waals surface area contributed by atoms with Gasteiger partial charge in [0.1, 0.15) is 5.25 Å². The summed E-state index contributed by atoms with van der Waals surface area (Å²) in [6.45, 7) is 2.36. The van der Waals surface area contributed by atoms with E-state index in [0.29, 0.717) is 33.1 Å². The minimum absolute atomic E-state index is 0.116. The molecule has 0 saturated carbocycles. The molecule has 1 fully saturated rings. The Morgan fingerprint density at radius 1 is 1.22 bits per heavy atom. The summed E-state index contributed by atoms with van der Waals surface area (Å²) in [5.74, 6) is -0.384. The first-order valence-electron chi connectivity index (χ1n) is 8.34. The zero-order valence-electron chi connectivity index (χ0n) is 14.5. The number of hydrogen-bond acceptors (Lipinski definition) is 4. The molecule has 140 valence electrons. The van der Waals surface area contributed by atoms with Gasteiger partial charge < -0.3 is 5.32 Å². The van der Waals surface area contributed by atoms with E-state index in [4.69, 9.17) is 23.2 Å². The standard InChI is InChI=1S/C19H17Cl2N3O2S/c1-2-24-17(25)11-16(18(26)22-15-5-3-4-13(21)10-15)27-19(24)23-14-8-6-12(20)7-9-14/h3-10,16H,2,11H2,1H3,(H,22,26). The van der Waals surface area contributed by atoms with E-state index in [1.165, 1.54) is 11.8 Å². The lowest BCUT2D eigenvalue weighted by Crippen LogP contribution is -2.45. The van der Waals surface area contributed by atoms with Gasteiger partial charge in [-0.2, -0.15) is 0 Å². The van der Waals surface area contributed by atoms with Crippen LogP contribution in [0.3, 0.4) is 0 Å². The Morgan fingerprint density at radius 3 is 2.63 bits per heavy atom. The van der Waals surface area contributed by atoms with Crippen molar-refractivity contribution in [3.05, 3.63) is 58.6 Å². The maximum Gasteiger partial charge on any atom is 0.238 e. The molecule has 1 atom stereocenters. The normalized spacial score (nSPS) is 18.6. The van der Waals surface area contributed by atoms with Crippen molar-refractivity contribution in [3.8, 4) is 0 Å². The van der Waals surface area contributed by atoms with Gasteiger partial charge in [0.2, 0.25) is 11.8 Å². The van der Waals surface area contributed by atoms with Gasteiger partial charge >= 0.3 is 0 Å². The number of hydrogen-bond donors (Lipinski definition) is 1. The third-order valence-electron chi connectivity index (χ3n) is 3.89. The maximum absolute atomic E-state index is 12.6. The van der Waals surface area contributed by atoms with E-state index in [2.05, 4.69) is 10.3 Å². The van der Waals surface area contributed by atoms with Crippen LogP contribution in [0.2, 0.25) is 10.0 Å². The van der Waals surface area contributed by atoms with Crippen LogP contribution in [0.15, 0.2) is 53.5 Å². The van der Waals surface area contributed by atoms with Crippen LogP contribution in [0.25, 0.3) is 0 Å². The van der Waals surface area contributed by atoms with Crippen molar-refractivity contribution in [2.24, 2.45) is 4.99 Å². The molecule has 1 heterocycles. The minimum atomic E-state index is -0.565. The molecule has 1 saturated heterocycles. The lowest BCUT2D eigenvalue weighted by atomic mass is 10.2. The lowest BCUT2D eigenvalue weighted by molar-refractivity contribution is -0.129. The number of aliphatic imine (C=N–C) groups is 1. The number of amidine groups is 1. The van der Waals surface area contributed by atoms with Gasteiger partial charge in [-0.3, -0.25) is 14.5 Å². The molecule has 5 nitrogen and oxygen atoms in total. The Labute approximate surface area is 171 Å². The summed E-state index contributed by atoms with van der Waals surface area (Å²) in [7, 11) is 0. The molecule has 8 heteroatoms. The molecule has 1 aliphatic rings. The SMILES string of the molecule is CCN1C(=O)CC(C(=O)Nc2cccc(Cl)c2)SC1=Nc1ccc(Cl)cc1. The molecule has 0 aromatic heterocycles. The number of carbonyl (C=O) groups is 2. The topological polar surface area (TPSA) is 61.8 Å². The van der Waals surface area contributed by atoms with Crippen molar-refractivity contribution in [2.45, 2.75) is 18.6 Å². The fraction of sp³-hybridized carbons (Fsp3) is 0.211. The summed E-state index contributed by atoms with van der Waals surface area (Å²) in [4.78, 5) is 31.3. The van der Waals surface area contributed by atoms with E-state index in [1.807, 2.05) is 6.92 Å². The molecule has 0 aliphatic carbocycles. The minimum Gasteiger partial charge on any atom is -0.325 e. The molecule has 0 bridgehead atoms. The molecule has 2 aromatic carbocycles. The third-order valence-corrected chi connectivity index (χ3v) is 5.57. The average Bonchev–Trinajstić information content (AvgIpc) is 2.63. The number of rotatable bonds is 4. The summed E-state index contributed by atoms with van der Waals surface area (Å²) >= 11 is 13.1. The van der Waals surface area contributed by atoms with Gasteiger partial charge in [-0.25, -0.2) is 4.99 Å². The van der Waals surface area contributed by atoms with Crippen LogP contribution in [0.1, 0.15) is 13.3 Å². The molecule has 0 radical (unpaired) electrons. The van der Waals surface area contributed by atoms with Crippen LogP contribution in [-0.4, -0.2) is 33.7 Å². The van der Waals surface area contributed by atoms with Crippen LogP contribution in [0, 0.1) is 0 Å². The van der Waals surface area contributed by atoms with Gasteiger partial charge in [0.05, 0.1) is 5.69 Å². The number of carbonyl (C=O) groups excluding carboxylic acids is 2. The molecular formula is C19H17Cl2N3O2S. The quantitative estimate of drug-likeness (QED) is 0.757. The molecule has 1 aliphatic heterocycles. The number of benzene rings is 2. The van der Waals surface area contributed by atoms with Crippen LogP contribution >= 0.6 is 35.0 Å². The maximum atomic E-state index is 12.6. The summed E-state index contributed by atoms with van der Waals surface area (Å²) in [5, 5.41) is 3.89. The highest BCUT2D eigenvalue weighted by atomic mass is 35.5. The molecule has 2 amide bonds. The first-order valence-corrected chi connectivity index (χ1v) is 9.97. The van der Waals surface area contributed by atoms with Gasteiger partial charge in [0, 0.05) is 28.7 Å². The van der Waals surface area contributed by atoms with Crippen LogP contribution in [0.4, 0.5) is 11.4 Å². The second-order valence-corrected chi connectivity index (χ2v) is 7.86. The van der Waals surface area contributed by atoms with Crippen molar-refractivity contribution in [2.75, 3.05) is 11.9 Å². The Balaban J connectivity index is 1.80. The van der Waals surface area contributed by atoms with Gasteiger partial charge in [-0.1, -0.05) is 41.0 Å². The van der Waals surface area contributed by atoms with Gasteiger partial charge in [0.15, 0.2) is 5.17 Å². The molecule has 2 aromatic rings. The van der Waals surface area contributed by atoms with Gasteiger partial charge in [-0.15, -0.1) is 0 Å². The smallest absolute Gasteiger partial charge is 0.238 e. The number of amides is 2. The van der Waals surface area contributed by atoms with Crippen LogP contribution in [0.5, 0.6) is 0 Å². The number of halogens is 2. The van der Waals surface area contributed by atoms with Gasteiger partial charge in [0.25, 0.3) is 0 Å². The van der Waals surface area contributed by atoms with Gasteiger partial charge in [-0.05, 0) is 49.4 Å². The number of anilines is 1. The monoisotopic (exact) mass is 421 g/mol. The lowest BCUT2D eigenvalue weighted by Gasteiger charge is -2.30. The van der Waals surface area contributed by atoms with Crippen LogP contribution in [-0.2, 0) is 9.59 Å². The highest BCUT2D eigenvalue weighted by Crippen LogP contribution is 2.30. The summed E-state index contributed by atoms with van der Waals surface area (Å²) in [5.41, 5.74) is 1.26. The van der Waals surface area contributed by atoms with E-state index in [-0.39, 0.29) is 18.2 Å². The van der Waals surface area contributed by atoms with E-state index >= 15 is 0 Å². The molecule has 3 rings (SSSR count). The first-order chi connectivity index (χ1) is 13.0. The molecule has 0 spiro atoms. The predicted octanol–water partition coefficient (Wildman–Crippen LogP) is 4.97. The number of nitrogens with zero attached hydrogens (tertiary/aromatic N) is 2. The Hall–Kier alpha value is -2.02.